The van der Waals surface area contributed by atoms with Gasteiger partial charge in [-0.3, -0.25) is 0 Å². The molecule has 0 aromatic heterocycles. The molecular weight excluding hydrogens is 270 g/mol. The minimum absolute atomic E-state index is 0.755. The van der Waals surface area contributed by atoms with Gasteiger partial charge in [0.05, 0.1) is 0 Å². The topological polar surface area (TPSA) is 41.3 Å². The Morgan fingerprint density at radius 2 is 1.64 bits per heavy atom. The summed E-state index contributed by atoms with van der Waals surface area (Å²) in [5.41, 5.74) is 10.4. The standard InChI is InChI=1S/C19H27N3/c1-3-22(4-2)14-13-16-9-11-18(12-10-16)21-15-17-7-5-6-8-19(17)20/h5-12,21H,3-4,13-15,20H2,1-2H3. The average molecular weight is 297 g/mol. The zero-order valence-corrected chi connectivity index (χ0v) is 13.7. The Labute approximate surface area is 134 Å². The van der Waals surface area contributed by atoms with Crippen LogP contribution in [0.25, 0.3) is 0 Å². The zero-order chi connectivity index (χ0) is 15.8. The van der Waals surface area contributed by atoms with E-state index in [0.29, 0.717) is 0 Å². The molecule has 0 fully saturated rings. The summed E-state index contributed by atoms with van der Waals surface area (Å²) < 4.78 is 0. The number of nitrogen functional groups attached to an aromatic ring is 1. The third kappa shape index (κ3) is 4.78. The Morgan fingerprint density at radius 1 is 0.955 bits per heavy atom. The van der Waals surface area contributed by atoms with E-state index in [2.05, 4.69) is 54.4 Å². The third-order valence-corrected chi connectivity index (χ3v) is 4.10. The summed E-state index contributed by atoms with van der Waals surface area (Å²) in [6, 6.07) is 16.7. The van der Waals surface area contributed by atoms with Crippen LogP contribution in [0.3, 0.4) is 0 Å². The van der Waals surface area contributed by atoms with Gasteiger partial charge in [-0.25, -0.2) is 0 Å². The molecule has 118 valence electrons. The van der Waals surface area contributed by atoms with Gasteiger partial charge in [0.2, 0.25) is 0 Å². The predicted molar refractivity (Wildman–Crippen MR) is 96.1 cm³/mol. The van der Waals surface area contributed by atoms with Crippen molar-refractivity contribution >= 4 is 11.4 Å². The van der Waals surface area contributed by atoms with Crippen LogP contribution in [0.5, 0.6) is 0 Å². The fourth-order valence-corrected chi connectivity index (χ4v) is 2.51. The Hall–Kier alpha value is -2.00. The van der Waals surface area contributed by atoms with Crippen molar-refractivity contribution in [3.05, 3.63) is 59.7 Å². The molecule has 2 aromatic carbocycles. The summed E-state index contributed by atoms with van der Waals surface area (Å²) in [4.78, 5) is 2.45. The Kier molecular flexibility index (Phi) is 6.28. The smallest absolute Gasteiger partial charge is 0.0421 e. The van der Waals surface area contributed by atoms with E-state index in [-0.39, 0.29) is 0 Å². The van der Waals surface area contributed by atoms with Crippen molar-refractivity contribution in [2.75, 3.05) is 30.7 Å². The quantitative estimate of drug-likeness (QED) is 0.729. The number of nitrogens with one attached hydrogen (secondary N) is 1. The van der Waals surface area contributed by atoms with Crippen LogP contribution in [0, 0.1) is 0 Å². The van der Waals surface area contributed by atoms with E-state index >= 15 is 0 Å². The molecule has 22 heavy (non-hydrogen) atoms. The van der Waals surface area contributed by atoms with Crippen molar-refractivity contribution in [1.29, 1.82) is 0 Å². The molecule has 2 aromatic rings. The normalized spacial score (nSPS) is 10.9. The van der Waals surface area contributed by atoms with Crippen LogP contribution in [0.4, 0.5) is 11.4 Å². The van der Waals surface area contributed by atoms with Gasteiger partial charge < -0.3 is 16.0 Å². The van der Waals surface area contributed by atoms with E-state index in [1.807, 2.05) is 18.2 Å². The number of nitrogens with zero attached hydrogens (tertiary/aromatic N) is 1. The maximum Gasteiger partial charge on any atom is 0.0421 e. The van der Waals surface area contributed by atoms with Crippen LogP contribution >= 0.6 is 0 Å². The lowest BCUT2D eigenvalue weighted by molar-refractivity contribution is 0.308. The number of anilines is 2. The second kappa shape index (κ2) is 8.44. The molecule has 0 bridgehead atoms. The van der Waals surface area contributed by atoms with Crippen LogP contribution in [0.15, 0.2) is 48.5 Å². The highest BCUT2D eigenvalue weighted by Gasteiger charge is 2.01. The van der Waals surface area contributed by atoms with E-state index in [9.17, 15) is 0 Å². The first-order valence-electron chi connectivity index (χ1n) is 8.11. The molecule has 0 saturated carbocycles. The van der Waals surface area contributed by atoms with Crippen molar-refractivity contribution in [1.82, 2.24) is 4.90 Å². The van der Waals surface area contributed by atoms with Crippen LogP contribution in [0.2, 0.25) is 0 Å². The lowest BCUT2D eigenvalue weighted by atomic mass is 10.1. The summed E-state index contributed by atoms with van der Waals surface area (Å²) in [6.45, 7) is 8.55. The molecule has 3 nitrogen and oxygen atoms in total. The molecule has 2 rings (SSSR count). The fourth-order valence-electron chi connectivity index (χ4n) is 2.51. The number of para-hydroxylation sites is 1. The Balaban J connectivity index is 1.85. The Morgan fingerprint density at radius 3 is 2.27 bits per heavy atom. The number of likely N-dealkylation sites (N-methyl/N-ethyl adjacent to an activating group) is 1. The molecule has 0 unspecified atom stereocenters. The minimum atomic E-state index is 0.755. The van der Waals surface area contributed by atoms with Crippen molar-refractivity contribution in [3.8, 4) is 0 Å². The van der Waals surface area contributed by atoms with Gasteiger partial charge in [0.1, 0.15) is 0 Å². The van der Waals surface area contributed by atoms with Crippen LogP contribution in [0.1, 0.15) is 25.0 Å². The number of hydrogen-bond acceptors (Lipinski definition) is 3. The molecular formula is C19H27N3. The van der Waals surface area contributed by atoms with Crippen molar-refractivity contribution in [2.45, 2.75) is 26.8 Å². The van der Waals surface area contributed by atoms with Gasteiger partial charge in [-0.2, -0.15) is 0 Å². The molecule has 0 saturated heterocycles. The molecule has 0 aliphatic carbocycles. The average Bonchev–Trinajstić information content (AvgIpc) is 2.56. The van der Waals surface area contributed by atoms with E-state index in [1.54, 1.807) is 0 Å². The molecule has 0 aliphatic heterocycles. The largest absolute Gasteiger partial charge is 0.398 e. The maximum absolute atomic E-state index is 5.96. The first kappa shape index (κ1) is 16.4. The summed E-state index contributed by atoms with van der Waals surface area (Å²) in [6.07, 6.45) is 1.10. The van der Waals surface area contributed by atoms with E-state index in [0.717, 1.165) is 49.5 Å². The monoisotopic (exact) mass is 297 g/mol. The highest BCUT2D eigenvalue weighted by atomic mass is 15.1. The first-order chi connectivity index (χ1) is 10.7. The van der Waals surface area contributed by atoms with Crippen molar-refractivity contribution in [3.63, 3.8) is 0 Å². The lowest BCUT2D eigenvalue weighted by Gasteiger charge is -2.17. The summed E-state index contributed by atoms with van der Waals surface area (Å²) >= 11 is 0. The van der Waals surface area contributed by atoms with Gasteiger partial charge in [-0.05, 0) is 48.8 Å². The van der Waals surface area contributed by atoms with E-state index in [4.69, 9.17) is 5.73 Å². The Bertz CT molecular complexity index is 559. The first-order valence-corrected chi connectivity index (χ1v) is 8.11. The van der Waals surface area contributed by atoms with Gasteiger partial charge in [0.25, 0.3) is 0 Å². The molecule has 0 spiro atoms. The maximum atomic E-state index is 5.96. The second-order valence-electron chi connectivity index (χ2n) is 5.53. The highest BCUT2D eigenvalue weighted by Crippen LogP contribution is 2.15. The van der Waals surface area contributed by atoms with Gasteiger partial charge in [-0.15, -0.1) is 0 Å². The molecule has 0 amide bonds. The van der Waals surface area contributed by atoms with Crippen LogP contribution < -0.4 is 11.1 Å². The van der Waals surface area contributed by atoms with Gasteiger partial charge in [-0.1, -0.05) is 44.2 Å². The molecule has 0 atom stereocenters. The highest BCUT2D eigenvalue weighted by molar-refractivity contribution is 5.50. The van der Waals surface area contributed by atoms with E-state index in [1.165, 1.54) is 5.56 Å². The number of nitrogens with two attached hydrogens (primary N) is 1. The van der Waals surface area contributed by atoms with Gasteiger partial charge >= 0.3 is 0 Å². The molecule has 0 heterocycles. The van der Waals surface area contributed by atoms with E-state index < -0.39 is 0 Å². The van der Waals surface area contributed by atoms with Gasteiger partial charge in [0.15, 0.2) is 0 Å². The summed E-state index contributed by atoms with van der Waals surface area (Å²) in [5, 5.41) is 3.43. The van der Waals surface area contributed by atoms with Gasteiger partial charge in [0, 0.05) is 24.5 Å². The predicted octanol–water partition coefficient (Wildman–Crippen LogP) is 3.77. The van der Waals surface area contributed by atoms with Crippen LogP contribution in [-0.2, 0) is 13.0 Å². The molecule has 0 aliphatic rings. The molecule has 3 N–H and O–H groups in total. The molecule has 0 radical (unpaired) electrons. The summed E-state index contributed by atoms with van der Waals surface area (Å²) in [5.74, 6) is 0. The number of benzene rings is 2. The third-order valence-electron chi connectivity index (χ3n) is 4.10. The zero-order valence-electron chi connectivity index (χ0n) is 13.7. The van der Waals surface area contributed by atoms with Crippen molar-refractivity contribution < 1.29 is 0 Å². The second-order valence-corrected chi connectivity index (χ2v) is 5.53. The summed E-state index contributed by atoms with van der Waals surface area (Å²) in [7, 11) is 0. The number of rotatable bonds is 8. The SMILES string of the molecule is CCN(CC)CCc1ccc(NCc2ccccc2N)cc1. The molecule has 3 heteroatoms. The van der Waals surface area contributed by atoms with Crippen LogP contribution in [-0.4, -0.2) is 24.5 Å². The van der Waals surface area contributed by atoms with Crippen molar-refractivity contribution in [2.24, 2.45) is 0 Å². The number of hydrogen-bond donors (Lipinski definition) is 2. The minimum Gasteiger partial charge on any atom is -0.398 e. The lowest BCUT2D eigenvalue weighted by Crippen LogP contribution is -2.25. The fraction of sp³-hybridized carbons (Fsp3) is 0.368.